The summed E-state index contributed by atoms with van der Waals surface area (Å²) in [4.78, 5) is 18.0. The highest BCUT2D eigenvalue weighted by Gasteiger charge is 2.14. The first kappa shape index (κ1) is 14.5. The summed E-state index contributed by atoms with van der Waals surface area (Å²) in [6.45, 7) is 0.513. The summed E-state index contributed by atoms with van der Waals surface area (Å²) in [5.74, 6) is 5.13. The molecule has 20 heavy (non-hydrogen) atoms. The third-order valence-corrected chi connectivity index (χ3v) is 3.63. The van der Waals surface area contributed by atoms with Crippen molar-refractivity contribution >= 4 is 27.5 Å². The van der Waals surface area contributed by atoms with E-state index in [0.29, 0.717) is 17.9 Å². The van der Waals surface area contributed by atoms with E-state index in [-0.39, 0.29) is 5.91 Å². The van der Waals surface area contributed by atoms with Crippen LogP contribution in [0.3, 0.4) is 0 Å². The number of anilines is 1. The molecule has 0 unspecified atom stereocenters. The molecule has 1 aromatic carbocycles. The molecular formula is C14H15BrN4O. The molecule has 3 N–H and O–H groups in total. The second-order valence-corrected chi connectivity index (χ2v) is 5.18. The van der Waals surface area contributed by atoms with Gasteiger partial charge in [0.2, 0.25) is 0 Å². The van der Waals surface area contributed by atoms with Crippen LogP contribution in [-0.4, -0.2) is 22.8 Å². The average molecular weight is 335 g/mol. The summed E-state index contributed by atoms with van der Waals surface area (Å²) in [7, 11) is 1.75. The standard InChI is InChI=1S/C14H15BrN4O/c1-19(9-10-4-2-3-5-12(10)15)14(20)13-7-6-11(18-16)8-17-13/h2-8,18H,9,16H2,1H3. The fourth-order valence-electron chi connectivity index (χ4n) is 1.76. The lowest BCUT2D eigenvalue weighted by Crippen LogP contribution is -2.27. The predicted octanol–water partition coefficient (Wildman–Crippen LogP) is 2.40. The number of hydrogen-bond donors (Lipinski definition) is 2. The predicted molar refractivity (Wildman–Crippen MR) is 82.0 cm³/mol. The van der Waals surface area contributed by atoms with Crippen molar-refractivity contribution in [3.63, 3.8) is 0 Å². The lowest BCUT2D eigenvalue weighted by atomic mass is 10.2. The molecule has 104 valence electrons. The molecule has 0 aliphatic carbocycles. The third kappa shape index (κ3) is 3.34. The molecule has 0 bridgehead atoms. The molecule has 0 atom stereocenters. The molecule has 1 heterocycles. The quantitative estimate of drug-likeness (QED) is 0.665. The Morgan fingerprint density at radius 3 is 2.70 bits per heavy atom. The molecule has 2 rings (SSSR count). The molecule has 1 aromatic heterocycles. The number of benzene rings is 1. The maximum absolute atomic E-state index is 12.3. The van der Waals surface area contributed by atoms with Crippen LogP contribution in [0.15, 0.2) is 47.1 Å². The molecule has 5 nitrogen and oxygen atoms in total. The summed E-state index contributed by atoms with van der Waals surface area (Å²) in [6.07, 6.45) is 1.53. The first-order valence-electron chi connectivity index (χ1n) is 6.03. The van der Waals surface area contributed by atoms with Gasteiger partial charge < -0.3 is 10.3 Å². The zero-order valence-corrected chi connectivity index (χ0v) is 12.6. The van der Waals surface area contributed by atoms with Gasteiger partial charge in [0.05, 0.1) is 11.9 Å². The Bertz CT molecular complexity index is 600. The van der Waals surface area contributed by atoms with Crippen LogP contribution in [0.1, 0.15) is 16.1 Å². The van der Waals surface area contributed by atoms with Gasteiger partial charge in [-0.3, -0.25) is 10.6 Å². The van der Waals surface area contributed by atoms with Gasteiger partial charge in [0.1, 0.15) is 5.69 Å². The maximum atomic E-state index is 12.3. The van der Waals surface area contributed by atoms with E-state index in [1.54, 1.807) is 24.1 Å². The van der Waals surface area contributed by atoms with Crippen LogP contribution in [0.5, 0.6) is 0 Å². The van der Waals surface area contributed by atoms with E-state index < -0.39 is 0 Å². The minimum absolute atomic E-state index is 0.135. The average Bonchev–Trinajstić information content (AvgIpc) is 2.49. The van der Waals surface area contributed by atoms with E-state index in [1.807, 2.05) is 24.3 Å². The highest BCUT2D eigenvalue weighted by atomic mass is 79.9. The van der Waals surface area contributed by atoms with Gasteiger partial charge in [-0.1, -0.05) is 34.1 Å². The molecule has 0 aliphatic heterocycles. The van der Waals surface area contributed by atoms with Crippen molar-refractivity contribution in [3.05, 3.63) is 58.3 Å². The number of nitrogens with zero attached hydrogens (tertiary/aromatic N) is 2. The van der Waals surface area contributed by atoms with Crippen molar-refractivity contribution in [1.82, 2.24) is 9.88 Å². The highest BCUT2D eigenvalue weighted by molar-refractivity contribution is 9.10. The first-order chi connectivity index (χ1) is 9.61. The normalized spacial score (nSPS) is 10.2. The summed E-state index contributed by atoms with van der Waals surface area (Å²) < 4.78 is 0.982. The van der Waals surface area contributed by atoms with Gasteiger partial charge in [0, 0.05) is 18.1 Å². The van der Waals surface area contributed by atoms with Gasteiger partial charge in [0.25, 0.3) is 5.91 Å². The Balaban J connectivity index is 2.10. The Morgan fingerprint density at radius 1 is 1.35 bits per heavy atom. The van der Waals surface area contributed by atoms with E-state index >= 15 is 0 Å². The van der Waals surface area contributed by atoms with Gasteiger partial charge >= 0.3 is 0 Å². The lowest BCUT2D eigenvalue weighted by molar-refractivity contribution is 0.0779. The molecule has 6 heteroatoms. The van der Waals surface area contributed by atoms with Gasteiger partial charge in [-0.05, 0) is 23.8 Å². The van der Waals surface area contributed by atoms with E-state index in [1.165, 1.54) is 6.20 Å². The molecule has 1 amide bonds. The zero-order valence-electron chi connectivity index (χ0n) is 11.0. The fraction of sp³-hybridized carbons (Fsp3) is 0.143. The molecular weight excluding hydrogens is 320 g/mol. The van der Waals surface area contributed by atoms with Crippen molar-refractivity contribution in [2.75, 3.05) is 12.5 Å². The lowest BCUT2D eigenvalue weighted by Gasteiger charge is -2.17. The number of nitrogens with two attached hydrogens (primary N) is 1. The largest absolute Gasteiger partial charge is 0.336 e. The molecule has 0 fully saturated rings. The number of rotatable bonds is 4. The summed E-state index contributed by atoms with van der Waals surface area (Å²) in [6, 6.07) is 11.2. The molecule has 2 aromatic rings. The third-order valence-electron chi connectivity index (χ3n) is 2.86. The van der Waals surface area contributed by atoms with Crippen LogP contribution in [0.4, 0.5) is 5.69 Å². The van der Waals surface area contributed by atoms with Crippen molar-refractivity contribution in [2.24, 2.45) is 5.84 Å². The van der Waals surface area contributed by atoms with E-state index in [9.17, 15) is 4.79 Å². The van der Waals surface area contributed by atoms with Crippen LogP contribution in [-0.2, 0) is 6.54 Å². The van der Waals surface area contributed by atoms with E-state index in [0.717, 1.165) is 10.0 Å². The van der Waals surface area contributed by atoms with Crippen molar-refractivity contribution in [1.29, 1.82) is 0 Å². The first-order valence-corrected chi connectivity index (χ1v) is 6.82. The number of carbonyl (C=O) groups excluding carboxylic acids is 1. The maximum Gasteiger partial charge on any atom is 0.272 e. The Labute approximate surface area is 125 Å². The van der Waals surface area contributed by atoms with Crippen LogP contribution in [0, 0.1) is 0 Å². The number of amides is 1. The number of hydrazine groups is 1. The zero-order chi connectivity index (χ0) is 14.5. The van der Waals surface area contributed by atoms with Crippen LogP contribution in [0.25, 0.3) is 0 Å². The fourth-order valence-corrected chi connectivity index (χ4v) is 2.17. The molecule has 0 spiro atoms. The van der Waals surface area contributed by atoms with E-state index in [2.05, 4.69) is 26.3 Å². The van der Waals surface area contributed by atoms with Gasteiger partial charge in [-0.15, -0.1) is 0 Å². The number of nitrogen functional groups attached to an aromatic ring is 1. The molecule has 0 saturated heterocycles. The number of aromatic nitrogens is 1. The number of halogens is 1. The number of pyridine rings is 1. The Hall–Kier alpha value is -1.92. The SMILES string of the molecule is CN(Cc1ccccc1Br)C(=O)c1ccc(NN)cn1. The number of carbonyl (C=O) groups is 1. The molecule has 0 radical (unpaired) electrons. The second kappa shape index (κ2) is 6.49. The van der Waals surface area contributed by atoms with Gasteiger partial charge in [-0.2, -0.15) is 0 Å². The Kier molecular flexibility index (Phi) is 4.70. The van der Waals surface area contributed by atoms with Gasteiger partial charge in [-0.25, -0.2) is 4.98 Å². The molecule has 0 saturated carbocycles. The minimum atomic E-state index is -0.135. The monoisotopic (exact) mass is 334 g/mol. The van der Waals surface area contributed by atoms with Crippen LogP contribution in [0.2, 0.25) is 0 Å². The van der Waals surface area contributed by atoms with Crippen molar-refractivity contribution in [3.8, 4) is 0 Å². The number of nitrogens with one attached hydrogen (secondary N) is 1. The van der Waals surface area contributed by atoms with Crippen molar-refractivity contribution in [2.45, 2.75) is 6.54 Å². The number of hydrogen-bond acceptors (Lipinski definition) is 4. The van der Waals surface area contributed by atoms with E-state index in [4.69, 9.17) is 5.84 Å². The van der Waals surface area contributed by atoms with Crippen LogP contribution >= 0.6 is 15.9 Å². The summed E-state index contributed by atoms with van der Waals surface area (Å²) in [5.41, 5.74) is 4.57. The highest BCUT2D eigenvalue weighted by Crippen LogP contribution is 2.18. The summed E-state index contributed by atoms with van der Waals surface area (Å²) >= 11 is 3.47. The Morgan fingerprint density at radius 2 is 2.10 bits per heavy atom. The smallest absolute Gasteiger partial charge is 0.272 e. The topological polar surface area (TPSA) is 71.2 Å². The summed E-state index contributed by atoms with van der Waals surface area (Å²) in [5, 5.41) is 0. The molecule has 0 aliphatic rings. The minimum Gasteiger partial charge on any atom is -0.336 e. The van der Waals surface area contributed by atoms with Gasteiger partial charge in [0.15, 0.2) is 0 Å². The van der Waals surface area contributed by atoms with Crippen LogP contribution < -0.4 is 11.3 Å². The van der Waals surface area contributed by atoms with Crippen molar-refractivity contribution < 1.29 is 4.79 Å². The second-order valence-electron chi connectivity index (χ2n) is 4.33.